The number of hydrogen-bond donors (Lipinski definition) is 1. The molecule has 1 aliphatic rings. The normalized spacial score (nSPS) is 15.5. The Kier molecular flexibility index (Phi) is 6.07. The van der Waals surface area contributed by atoms with Gasteiger partial charge < -0.3 is 15.0 Å². The Morgan fingerprint density at radius 1 is 1.17 bits per heavy atom. The number of carbonyl (C=O) groups is 1. The van der Waals surface area contributed by atoms with E-state index in [1.807, 2.05) is 16.3 Å². The van der Waals surface area contributed by atoms with Crippen molar-refractivity contribution in [2.75, 3.05) is 19.8 Å². The van der Waals surface area contributed by atoms with Crippen molar-refractivity contribution in [2.45, 2.75) is 31.8 Å². The first kappa shape index (κ1) is 16.5. The molecule has 1 fully saturated rings. The van der Waals surface area contributed by atoms with E-state index in [1.54, 1.807) is 22.7 Å². The van der Waals surface area contributed by atoms with Crippen LogP contribution in [0.2, 0.25) is 0 Å². The molecule has 1 N–H and O–H groups in total. The number of rotatable bonds is 6. The number of hydrogen-bond acceptors (Lipinski definition) is 4. The standard InChI is InChI=1S/C17H22N2O2S2/c20-17(18-13-16-4-2-12-23-16)19(14-6-9-21-10-7-14)8-5-15-3-1-11-22-15/h1-4,11-12,14H,5-10,13H2,(H,18,20). The highest BCUT2D eigenvalue weighted by atomic mass is 32.1. The number of thiophene rings is 2. The minimum atomic E-state index is 0.0434. The summed E-state index contributed by atoms with van der Waals surface area (Å²) in [5.41, 5.74) is 0. The lowest BCUT2D eigenvalue weighted by atomic mass is 10.1. The van der Waals surface area contributed by atoms with Gasteiger partial charge in [-0.2, -0.15) is 0 Å². The fraction of sp³-hybridized carbons (Fsp3) is 0.471. The highest BCUT2D eigenvalue weighted by Gasteiger charge is 2.25. The Balaban J connectivity index is 1.59. The van der Waals surface area contributed by atoms with Gasteiger partial charge in [0.05, 0.1) is 6.54 Å². The lowest BCUT2D eigenvalue weighted by molar-refractivity contribution is 0.0461. The van der Waals surface area contributed by atoms with Gasteiger partial charge in [0.1, 0.15) is 0 Å². The molecular formula is C17H22N2O2S2. The predicted molar refractivity (Wildman–Crippen MR) is 95.1 cm³/mol. The molecule has 0 radical (unpaired) electrons. The first-order valence-corrected chi connectivity index (χ1v) is 9.76. The van der Waals surface area contributed by atoms with Crippen molar-refractivity contribution in [3.05, 3.63) is 44.8 Å². The molecule has 0 unspecified atom stereocenters. The van der Waals surface area contributed by atoms with Gasteiger partial charge >= 0.3 is 6.03 Å². The minimum Gasteiger partial charge on any atom is -0.381 e. The van der Waals surface area contributed by atoms with Crippen LogP contribution >= 0.6 is 22.7 Å². The first-order valence-electron chi connectivity index (χ1n) is 8.00. The van der Waals surface area contributed by atoms with Crippen molar-refractivity contribution in [3.63, 3.8) is 0 Å². The van der Waals surface area contributed by atoms with Gasteiger partial charge in [-0.25, -0.2) is 4.79 Å². The van der Waals surface area contributed by atoms with Crippen LogP contribution in [0.4, 0.5) is 4.79 Å². The Morgan fingerprint density at radius 3 is 2.52 bits per heavy atom. The molecule has 4 nitrogen and oxygen atoms in total. The number of amides is 2. The van der Waals surface area contributed by atoms with E-state index in [0.717, 1.165) is 39.0 Å². The molecule has 3 heterocycles. The van der Waals surface area contributed by atoms with Crippen LogP contribution in [0.3, 0.4) is 0 Å². The maximum absolute atomic E-state index is 12.7. The van der Waals surface area contributed by atoms with Crippen LogP contribution in [0.25, 0.3) is 0 Å². The molecule has 3 rings (SSSR count). The second kappa shape index (κ2) is 8.47. The maximum Gasteiger partial charge on any atom is 0.317 e. The summed E-state index contributed by atoms with van der Waals surface area (Å²) < 4.78 is 5.44. The molecule has 1 saturated heterocycles. The summed E-state index contributed by atoms with van der Waals surface area (Å²) in [5.74, 6) is 0. The third-order valence-corrected chi connectivity index (χ3v) is 5.88. The molecule has 0 spiro atoms. The third-order valence-electron chi connectivity index (χ3n) is 4.07. The monoisotopic (exact) mass is 350 g/mol. The number of nitrogens with zero attached hydrogens (tertiary/aromatic N) is 1. The molecular weight excluding hydrogens is 328 g/mol. The van der Waals surface area contributed by atoms with Crippen molar-refractivity contribution in [3.8, 4) is 0 Å². The fourth-order valence-corrected chi connectivity index (χ4v) is 4.15. The highest BCUT2D eigenvalue weighted by Crippen LogP contribution is 2.17. The van der Waals surface area contributed by atoms with E-state index in [4.69, 9.17) is 4.74 Å². The van der Waals surface area contributed by atoms with Crippen molar-refractivity contribution in [1.82, 2.24) is 10.2 Å². The van der Waals surface area contributed by atoms with E-state index in [1.165, 1.54) is 9.75 Å². The van der Waals surface area contributed by atoms with E-state index in [9.17, 15) is 4.79 Å². The Bertz CT molecular complexity index is 578. The van der Waals surface area contributed by atoms with E-state index >= 15 is 0 Å². The molecule has 2 aromatic heterocycles. The number of nitrogens with one attached hydrogen (secondary N) is 1. The highest BCUT2D eigenvalue weighted by molar-refractivity contribution is 7.10. The largest absolute Gasteiger partial charge is 0.381 e. The zero-order valence-corrected chi connectivity index (χ0v) is 14.7. The van der Waals surface area contributed by atoms with Crippen molar-refractivity contribution < 1.29 is 9.53 Å². The van der Waals surface area contributed by atoms with Crippen LogP contribution in [0.1, 0.15) is 22.6 Å². The molecule has 0 atom stereocenters. The Morgan fingerprint density at radius 2 is 1.87 bits per heavy atom. The van der Waals surface area contributed by atoms with E-state index in [-0.39, 0.29) is 12.1 Å². The van der Waals surface area contributed by atoms with Crippen LogP contribution in [0.5, 0.6) is 0 Å². The number of urea groups is 1. The zero-order valence-electron chi connectivity index (χ0n) is 13.1. The average Bonchev–Trinajstić information content (AvgIpc) is 3.28. The Labute approximate surface area is 145 Å². The van der Waals surface area contributed by atoms with Crippen molar-refractivity contribution in [2.24, 2.45) is 0 Å². The molecule has 23 heavy (non-hydrogen) atoms. The fourth-order valence-electron chi connectivity index (χ4n) is 2.81. The molecule has 1 aliphatic heterocycles. The van der Waals surface area contributed by atoms with Gasteiger partial charge in [0.25, 0.3) is 0 Å². The van der Waals surface area contributed by atoms with Crippen LogP contribution in [-0.4, -0.2) is 36.7 Å². The summed E-state index contributed by atoms with van der Waals surface area (Å²) in [6, 6.07) is 8.59. The quantitative estimate of drug-likeness (QED) is 0.862. The molecule has 0 aliphatic carbocycles. The number of ether oxygens (including phenoxy) is 1. The van der Waals surface area contributed by atoms with Crippen LogP contribution in [-0.2, 0) is 17.7 Å². The second-order valence-corrected chi connectivity index (χ2v) is 7.67. The molecule has 0 saturated carbocycles. The summed E-state index contributed by atoms with van der Waals surface area (Å²) in [5, 5.41) is 7.20. The van der Waals surface area contributed by atoms with Gasteiger partial charge in [-0.05, 0) is 42.2 Å². The SMILES string of the molecule is O=C(NCc1cccs1)N(CCc1cccs1)C1CCOCC1. The van der Waals surface area contributed by atoms with Crippen LogP contribution in [0, 0.1) is 0 Å². The zero-order chi connectivity index (χ0) is 15.9. The summed E-state index contributed by atoms with van der Waals surface area (Å²) in [7, 11) is 0. The Hall–Kier alpha value is -1.37. The van der Waals surface area contributed by atoms with Gasteiger partial charge in [-0.1, -0.05) is 12.1 Å². The summed E-state index contributed by atoms with van der Waals surface area (Å²) in [4.78, 5) is 17.2. The van der Waals surface area contributed by atoms with E-state index in [2.05, 4.69) is 28.9 Å². The first-order chi connectivity index (χ1) is 11.3. The third kappa shape index (κ3) is 4.80. The minimum absolute atomic E-state index is 0.0434. The molecule has 2 amide bonds. The predicted octanol–water partition coefficient (Wildman–Crippen LogP) is 3.74. The second-order valence-electron chi connectivity index (χ2n) is 5.60. The van der Waals surface area contributed by atoms with Gasteiger partial charge in [0, 0.05) is 35.6 Å². The van der Waals surface area contributed by atoms with Crippen LogP contribution in [0.15, 0.2) is 35.0 Å². The lowest BCUT2D eigenvalue weighted by Crippen LogP contribution is -2.48. The summed E-state index contributed by atoms with van der Waals surface area (Å²) in [6.45, 7) is 2.87. The number of carbonyl (C=O) groups excluding carboxylic acids is 1. The molecule has 2 aromatic rings. The van der Waals surface area contributed by atoms with Gasteiger partial charge in [0.15, 0.2) is 0 Å². The van der Waals surface area contributed by atoms with E-state index < -0.39 is 0 Å². The van der Waals surface area contributed by atoms with Crippen molar-refractivity contribution >= 4 is 28.7 Å². The average molecular weight is 351 g/mol. The topological polar surface area (TPSA) is 41.6 Å². The molecule has 0 aromatic carbocycles. The van der Waals surface area contributed by atoms with Gasteiger partial charge in [-0.3, -0.25) is 0 Å². The smallest absolute Gasteiger partial charge is 0.317 e. The van der Waals surface area contributed by atoms with Crippen LogP contribution < -0.4 is 5.32 Å². The molecule has 6 heteroatoms. The lowest BCUT2D eigenvalue weighted by Gasteiger charge is -2.34. The molecule has 0 bridgehead atoms. The summed E-state index contributed by atoms with van der Waals surface area (Å²) in [6.07, 6.45) is 2.77. The van der Waals surface area contributed by atoms with E-state index in [0.29, 0.717) is 6.54 Å². The van der Waals surface area contributed by atoms with Gasteiger partial charge in [0.2, 0.25) is 0 Å². The molecule has 124 valence electrons. The summed E-state index contributed by atoms with van der Waals surface area (Å²) >= 11 is 3.43. The van der Waals surface area contributed by atoms with Crippen molar-refractivity contribution in [1.29, 1.82) is 0 Å². The van der Waals surface area contributed by atoms with Gasteiger partial charge in [-0.15, -0.1) is 22.7 Å². The maximum atomic E-state index is 12.7.